The number of benzene rings is 1. The van der Waals surface area contributed by atoms with Gasteiger partial charge in [-0.15, -0.1) is 11.8 Å². The first-order valence-corrected chi connectivity index (χ1v) is 8.76. The zero-order chi connectivity index (χ0) is 15.8. The molecule has 3 aromatic rings. The molecule has 1 aromatic carbocycles. The molecule has 23 heavy (non-hydrogen) atoms. The van der Waals surface area contributed by atoms with Gasteiger partial charge in [-0.25, -0.2) is 9.97 Å². The van der Waals surface area contributed by atoms with Gasteiger partial charge in [0, 0.05) is 29.6 Å². The first-order chi connectivity index (χ1) is 11.3. The molecule has 1 aliphatic carbocycles. The van der Waals surface area contributed by atoms with Crippen molar-refractivity contribution in [2.45, 2.75) is 23.9 Å². The molecule has 1 N–H and O–H groups in total. The molecule has 5 nitrogen and oxygen atoms in total. The SMILES string of the molecule is CSc1nccn2c(-c3ccc(C(=O)NC4CC4)cc3)cnc12. The summed E-state index contributed by atoms with van der Waals surface area (Å²) in [5, 5.41) is 3.90. The van der Waals surface area contributed by atoms with Gasteiger partial charge in [0.05, 0.1) is 11.9 Å². The van der Waals surface area contributed by atoms with Gasteiger partial charge in [0.15, 0.2) is 5.65 Å². The summed E-state index contributed by atoms with van der Waals surface area (Å²) >= 11 is 1.58. The Hall–Kier alpha value is -2.34. The predicted molar refractivity (Wildman–Crippen MR) is 90.7 cm³/mol. The third-order valence-electron chi connectivity index (χ3n) is 3.94. The van der Waals surface area contributed by atoms with Crippen molar-refractivity contribution in [3.05, 3.63) is 48.4 Å². The molecule has 0 atom stereocenters. The molecule has 1 fully saturated rings. The van der Waals surface area contributed by atoms with Crippen LogP contribution in [0.2, 0.25) is 0 Å². The van der Waals surface area contributed by atoms with Gasteiger partial charge >= 0.3 is 0 Å². The van der Waals surface area contributed by atoms with Crippen LogP contribution in [0, 0.1) is 0 Å². The summed E-state index contributed by atoms with van der Waals surface area (Å²) in [5.41, 5.74) is 3.57. The van der Waals surface area contributed by atoms with Crippen LogP contribution in [0.25, 0.3) is 16.9 Å². The average Bonchev–Trinajstić information content (AvgIpc) is 3.30. The Morgan fingerprint density at radius 1 is 1.26 bits per heavy atom. The lowest BCUT2D eigenvalue weighted by Crippen LogP contribution is -2.25. The fourth-order valence-corrected chi connectivity index (χ4v) is 3.04. The highest BCUT2D eigenvalue weighted by atomic mass is 32.2. The highest BCUT2D eigenvalue weighted by Crippen LogP contribution is 2.25. The summed E-state index contributed by atoms with van der Waals surface area (Å²) < 4.78 is 2.03. The zero-order valence-electron chi connectivity index (χ0n) is 12.7. The van der Waals surface area contributed by atoms with E-state index in [0.717, 1.165) is 34.8 Å². The molecule has 0 saturated heterocycles. The van der Waals surface area contributed by atoms with E-state index >= 15 is 0 Å². The molecule has 116 valence electrons. The van der Waals surface area contributed by atoms with E-state index in [4.69, 9.17) is 0 Å². The molecule has 0 radical (unpaired) electrons. The summed E-state index contributed by atoms with van der Waals surface area (Å²) in [4.78, 5) is 20.9. The van der Waals surface area contributed by atoms with Crippen LogP contribution >= 0.6 is 11.8 Å². The van der Waals surface area contributed by atoms with Gasteiger partial charge in [0.25, 0.3) is 5.91 Å². The number of fused-ring (bicyclic) bond motifs is 1. The molecule has 2 heterocycles. The zero-order valence-corrected chi connectivity index (χ0v) is 13.5. The number of imidazole rings is 1. The number of carbonyl (C=O) groups excluding carboxylic acids is 1. The predicted octanol–water partition coefficient (Wildman–Crippen LogP) is 3.01. The Morgan fingerprint density at radius 2 is 2.04 bits per heavy atom. The van der Waals surface area contributed by atoms with Gasteiger partial charge in [-0.3, -0.25) is 9.20 Å². The normalized spacial score (nSPS) is 14.1. The second-order valence-electron chi connectivity index (χ2n) is 5.60. The van der Waals surface area contributed by atoms with Crippen LogP contribution in [0.15, 0.2) is 47.9 Å². The maximum atomic E-state index is 12.0. The number of carbonyl (C=O) groups is 1. The van der Waals surface area contributed by atoms with E-state index < -0.39 is 0 Å². The van der Waals surface area contributed by atoms with Crippen molar-refractivity contribution in [3.63, 3.8) is 0 Å². The van der Waals surface area contributed by atoms with Crippen molar-refractivity contribution in [3.8, 4) is 11.3 Å². The van der Waals surface area contributed by atoms with Crippen molar-refractivity contribution in [1.29, 1.82) is 0 Å². The van der Waals surface area contributed by atoms with Crippen molar-refractivity contribution in [2.24, 2.45) is 0 Å². The summed E-state index contributed by atoms with van der Waals surface area (Å²) in [5.74, 6) is 0.00561. The highest BCUT2D eigenvalue weighted by molar-refractivity contribution is 7.98. The van der Waals surface area contributed by atoms with Gasteiger partial charge < -0.3 is 5.32 Å². The number of thioether (sulfide) groups is 1. The number of nitrogens with one attached hydrogen (secondary N) is 1. The van der Waals surface area contributed by atoms with Gasteiger partial charge in [0.1, 0.15) is 5.03 Å². The number of rotatable bonds is 4. The van der Waals surface area contributed by atoms with E-state index in [-0.39, 0.29) is 5.91 Å². The highest BCUT2D eigenvalue weighted by Gasteiger charge is 2.23. The summed E-state index contributed by atoms with van der Waals surface area (Å²) in [6.45, 7) is 0. The van der Waals surface area contributed by atoms with Crippen LogP contribution in [0.5, 0.6) is 0 Å². The fourth-order valence-electron chi connectivity index (χ4n) is 2.54. The van der Waals surface area contributed by atoms with Crippen LogP contribution in [-0.4, -0.2) is 32.6 Å². The Morgan fingerprint density at radius 3 is 2.74 bits per heavy atom. The molecule has 4 rings (SSSR count). The van der Waals surface area contributed by atoms with E-state index in [1.165, 1.54) is 0 Å². The topological polar surface area (TPSA) is 59.3 Å². The molecule has 2 aromatic heterocycles. The maximum absolute atomic E-state index is 12.0. The van der Waals surface area contributed by atoms with Crippen LogP contribution in [-0.2, 0) is 0 Å². The minimum Gasteiger partial charge on any atom is -0.349 e. The fraction of sp³-hybridized carbons (Fsp3) is 0.235. The largest absolute Gasteiger partial charge is 0.349 e. The van der Waals surface area contributed by atoms with Crippen LogP contribution < -0.4 is 5.32 Å². The Balaban J connectivity index is 1.66. The molecule has 1 amide bonds. The molecule has 6 heteroatoms. The van der Waals surface area contributed by atoms with E-state index in [0.29, 0.717) is 11.6 Å². The molecule has 1 saturated carbocycles. The van der Waals surface area contributed by atoms with Crippen LogP contribution in [0.1, 0.15) is 23.2 Å². The average molecular weight is 324 g/mol. The molecule has 1 aliphatic rings. The minimum absolute atomic E-state index is 0.00561. The molecule has 0 spiro atoms. The van der Waals surface area contributed by atoms with Gasteiger partial charge in [-0.2, -0.15) is 0 Å². The Kier molecular flexibility index (Phi) is 3.53. The third-order valence-corrected chi connectivity index (χ3v) is 4.62. The van der Waals surface area contributed by atoms with Gasteiger partial charge in [-0.05, 0) is 31.2 Å². The number of aromatic nitrogens is 3. The van der Waals surface area contributed by atoms with E-state index in [9.17, 15) is 4.79 Å². The lowest BCUT2D eigenvalue weighted by Gasteiger charge is -2.06. The van der Waals surface area contributed by atoms with E-state index in [1.807, 2.05) is 47.3 Å². The van der Waals surface area contributed by atoms with E-state index in [2.05, 4.69) is 15.3 Å². The Bertz CT molecular complexity index is 868. The van der Waals surface area contributed by atoms with E-state index in [1.54, 1.807) is 18.0 Å². The molecular formula is C17H16N4OS. The lowest BCUT2D eigenvalue weighted by atomic mass is 10.1. The van der Waals surface area contributed by atoms with Crippen molar-refractivity contribution in [1.82, 2.24) is 19.7 Å². The summed E-state index contributed by atoms with van der Waals surface area (Å²) in [6.07, 6.45) is 9.71. The van der Waals surface area contributed by atoms with Crippen molar-refractivity contribution < 1.29 is 4.79 Å². The molecule has 0 bridgehead atoms. The lowest BCUT2D eigenvalue weighted by molar-refractivity contribution is 0.0951. The summed E-state index contributed by atoms with van der Waals surface area (Å²) in [7, 11) is 0. The molecule has 0 unspecified atom stereocenters. The second kappa shape index (κ2) is 5.70. The van der Waals surface area contributed by atoms with Crippen LogP contribution in [0.3, 0.4) is 0 Å². The molecular weight excluding hydrogens is 308 g/mol. The smallest absolute Gasteiger partial charge is 0.251 e. The monoisotopic (exact) mass is 324 g/mol. The number of amides is 1. The molecule has 0 aliphatic heterocycles. The van der Waals surface area contributed by atoms with Crippen molar-refractivity contribution in [2.75, 3.05) is 6.26 Å². The second-order valence-corrected chi connectivity index (χ2v) is 6.39. The number of nitrogens with zero attached hydrogens (tertiary/aromatic N) is 3. The number of hydrogen-bond acceptors (Lipinski definition) is 4. The maximum Gasteiger partial charge on any atom is 0.251 e. The van der Waals surface area contributed by atoms with Crippen molar-refractivity contribution >= 4 is 23.3 Å². The first kappa shape index (κ1) is 14.3. The quantitative estimate of drug-likeness (QED) is 0.750. The summed E-state index contributed by atoms with van der Waals surface area (Å²) in [6, 6.07) is 8.03. The standard InChI is InChI=1S/C17H16N4OS/c1-23-17-15-19-10-14(21(15)9-8-18-17)11-2-4-12(5-3-11)16(22)20-13-6-7-13/h2-5,8-10,13H,6-7H2,1H3,(H,20,22). The van der Waals surface area contributed by atoms with Crippen LogP contribution in [0.4, 0.5) is 0 Å². The minimum atomic E-state index is 0.00561. The first-order valence-electron chi connectivity index (χ1n) is 7.53. The van der Waals surface area contributed by atoms with Gasteiger partial charge in [-0.1, -0.05) is 12.1 Å². The van der Waals surface area contributed by atoms with Gasteiger partial charge in [0.2, 0.25) is 0 Å². The Labute approximate surface area is 138 Å². The third kappa shape index (κ3) is 2.70. The number of hydrogen-bond donors (Lipinski definition) is 1.